The van der Waals surface area contributed by atoms with E-state index in [9.17, 15) is 8.42 Å². The zero-order valence-corrected chi connectivity index (χ0v) is 17.9. The fraction of sp³-hybridized carbons (Fsp3) is 0.400. The molecule has 2 aromatic heterocycles. The normalized spacial score (nSPS) is 15.9. The molecule has 0 aliphatic carbocycles. The first-order chi connectivity index (χ1) is 13.9. The molecule has 0 bridgehead atoms. The number of primary sulfonamides is 1. The average Bonchev–Trinajstić information content (AvgIpc) is 3.12. The number of ether oxygens (including phenoxy) is 1. The van der Waals surface area contributed by atoms with Gasteiger partial charge in [-0.15, -0.1) is 11.3 Å². The summed E-state index contributed by atoms with van der Waals surface area (Å²) in [6.07, 6.45) is 1.54. The predicted molar refractivity (Wildman–Crippen MR) is 116 cm³/mol. The Bertz CT molecular complexity index is 1090. The van der Waals surface area contributed by atoms with Crippen molar-refractivity contribution in [3.8, 4) is 11.1 Å². The maximum Gasteiger partial charge on any atom is 0.209 e. The first kappa shape index (κ1) is 20.2. The van der Waals surface area contributed by atoms with Crippen molar-refractivity contribution >= 4 is 37.4 Å². The van der Waals surface area contributed by atoms with E-state index in [1.807, 2.05) is 18.2 Å². The Balaban J connectivity index is 1.71. The number of benzene rings is 1. The quantitative estimate of drug-likeness (QED) is 0.643. The highest BCUT2D eigenvalue weighted by Crippen LogP contribution is 2.39. The van der Waals surface area contributed by atoms with E-state index in [2.05, 4.69) is 27.4 Å². The first-order valence-corrected chi connectivity index (χ1v) is 12.1. The molecule has 1 fully saturated rings. The zero-order chi connectivity index (χ0) is 20.4. The number of aromatic nitrogens is 2. The van der Waals surface area contributed by atoms with E-state index in [4.69, 9.17) is 14.9 Å². The van der Waals surface area contributed by atoms with Gasteiger partial charge in [0.15, 0.2) is 5.82 Å². The summed E-state index contributed by atoms with van der Waals surface area (Å²) in [6, 6.07) is 10.2. The van der Waals surface area contributed by atoms with Crippen molar-refractivity contribution in [1.82, 2.24) is 9.97 Å². The van der Waals surface area contributed by atoms with Gasteiger partial charge in [-0.2, -0.15) is 0 Å². The summed E-state index contributed by atoms with van der Waals surface area (Å²) in [5.74, 6) is 1.69. The van der Waals surface area contributed by atoms with Crippen LogP contribution in [-0.2, 0) is 21.4 Å². The first-order valence-electron chi connectivity index (χ1n) is 9.52. The molecule has 3 aromatic rings. The van der Waals surface area contributed by atoms with Gasteiger partial charge in [0.05, 0.1) is 11.1 Å². The number of hydrogen-bond acceptors (Lipinski definition) is 7. The summed E-state index contributed by atoms with van der Waals surface area (Å²) in [4.78, 5) is 12.7. The van der Waals surface area contributed by atoms with Gasteiger partial charge in [-0.1, -0.05) is 30.3 Å². The molecule has 29 heavy (non-hydrogen) atoms. The minimum atomic E-state index is -3.45. The fourth-order valence-corrected chi connectivity index (χ4v) is 5.81. The summed E-state index contributed by atoms with van der Waals surface area (Å²) in [5.41, 5.74) is 2.25. The minimum absolute atomic E-state index is 0.0443. The number of sulfonamides is 1. The highest BCUT2D eigenvalue weighted by molar-refractivity contribution is 7.89. The summed E-state index contributed by atoms with van der Waals surface area (Å²) >= 11 is 1.61. The van der Waals surface area contributed by atoms with E-state index < -0.39 is 10.0 Å². The number of hydrogen-bond donors (Lipinski definition) is 1. The Morgan fingerprint density at radius 1 is 1.21 bits per heavy atom. The Labute approximate surface area is 174 Å². The molecular formula is C20H24N4O3S2. The molecule has 0 amide bonds. The van der Waals surface area contributed by atoms with Crippen molar-refractivity contribution in [3.63, 3.8) is 0 Å². The average molecular weight is 433 g/mol. The Hall–Kier alpha value is -2.07. The van der Waals surface area contributed by atoms with Crippen LogP contribution in [0.25, 0.3) is 21.3 Å². The van der Waals surface area contributed by atoms with E-state index in [0.29, 0.717) is 12.4 Å². The number of fused-ring (bicyclic) bond motifs is 1. The Morgan fingerprint density at radius 3 is 2.59 bits per heavy atom. The molecule has 7 nitrogen and oxygen atoms in total. The molecule has 0 saturated carbocycles. The second-order valence-electron chi connectivity index (χ2n) is 7.35. The van der Waals surface area contributed by atoms with Crippen LogP contribution in [0.2, 0.25) is 0 Å². The lowest BCUT2D eigenvalue weighted by molar-refractivity contribution is 0.178. The van der Waals surface area contributed by atoms with Gasteiger partial charge in [-0.3, -0.25) is 0 Å². The molecule has 4 rings (SSSR count). The third-order valence-corrected chi connectivity index (χ3v) is 7.01. The van der Waals surface area contributed by atoms with Crippen molar-refractivity contribution in [2.45, 2.75) is 19.4 Å². The minimum Gasteiger partial charge on any atom is -0.377 e. The number of nitrogens with zero attached hydrogens (tertiary/aromatic N) is 3. The maximum absolute atomic E-state index is 11.4. The molecule has 1 aliphatic rings. The van der Waals surface area contributed by atoms with E-state index in [1.165, 1.54) is 0 Å². The molecule has 0 atom stereocenters. The number of methoxy groups -OCH3 is 1. The molecule has 154 valence electrons. The van der Waals surface area contributed by atoms with Gasteiger partial charge < -0.3 is 9.64 Å². The third-order valence-electron chi connectivity index (χ3n) is 5.20. The van der Waals surface area contributed by atoms with Crippen molar-refractivity contribution in [2.75, 3.05) is 30.9 Å². The van der Waals surface area contributed by atoms with Gasteiger partial charge in [-0.25, -0.2) is 23.5 Å². The van der Waals surface area contributed by atoms with Crippen LogP contribution < -0.4 is 10.0 Å². The fourth-order valence-electron chi connectivity index (χ4n) is 3.86. The number of rotatable bonds is 6. The van der Waals surface area contributed by atoms with Crippen LogP contribution in [-0.4, -0.2) is 44.3 Å². The molecule has 2 N–H and O–H groups in total. The van der Waals surface area contributed by atoms with E-state index in [-0.39, 0.29) is 11.7 Å². The van der Waals surface area contributed by atoms with Gasteiger partial charge in [0, 0.05) is 31.1 Å². The SMILES string of the molecule is COCc1nc(N2CCC(CS(N)(=O)=O)CC2)c2c(-c3ccccc3)csc2n1. The molecule has 1 aliphatic heterocycles. The Morgan fingerprint density at radius 2 is 1.93 bits per heavy atom. The molecular weight excluding hydrogens is 408 g/mol. The lowest BCUT2D eigenvalue weighted by atomic mass is 9.98. The largest absolute Gasteiger partial charge is 0.377 e. The van der Waals surface area contributed by atoms with E-state index >= 15 is 0 Å². The third kappa shape index (κ3) is 4.58. The summed E-state index contributed by atoms with van der Waals surface area (Å²) in [7, 11) is -1.81. The van der Waals surface area contributed by atoms with Gasteiger partial charge in [0.1, 0.15) is 17.3 Å². The molecule has 1 aromatic carbocycles. The zero-order valence-electron chi connectivity index (χ0n) is 16.2. The van der Waals surface area contributed by atoms with Gasteiger partial charge in [0.2, 0.25) is 10.0 Å². The monoisotopic (exact) mass is 432 g/mol. The van der Waals surface area contributed by atoms with Crippen LogP contribution in [0.15, 0.2) is 35.7 Å². The van der Waals surface area contributed by atoms with Crippen LogP contribution in [0.1, 0.15) is 18.7 Å². The highest BCUT2D eigenvalue weighted by atomic mass is 32.2. The van der Waals surface area contributed by atoms with E-state index in [0.717, 1.165) is 53.1 Å². The van der Waals surface area contributed by atoms with Crippen molar-refractivity contribution < 1.29 is 13.2 Å². The lowest BCUT2D eigenvalue weighted by Crippen LogP contribution is -2.37. The number of nitrogens with two attached hydrogens (primary N) is 1. The molecule has 0 radical (unpaired) electrons. The van der Waals surface area contributed by atoms with E-state index in [1.54, 1.807) is 18.4 Å². The number of thiophene rings is 1. The van der Waals surface area contributed by atoms with Crippen molar-refractivity contribution in [2.24, 2.45) is 11.1 Å². The number of anilines is 1. The maximum atomic E-state index is 11.4. The molecule has 9 heteroatoms. The summed E-state index contributed by atoms with van der Waals surface area (Å²) in [6.45, 7) is 1.83. The smallest absolute Gasteiger partial charge is 0.209 e. The highest BCUT2D eigenvalue weighted by Gasteiger charge is 2.26. The second kappa shape index (κ2) is 8.35. The van der Waals surface area contributed by atoms with Crippen LogP contribution in [0.4, 0.5) is 5.82 Å². The lowest BCUT2D eigenvalue weighted by Gasteiger charge is -2.33. The predicted octanol–water partition coefficient (Wildman–Crippen LogP) is 3.01. The van der Waals surface area contributed by atoms with Crippen molar-refractivity contribution in [3.05, 3.63) is 41.5 Å². The van der Waals surface area contributed by atoms with Gasteiger partial charge >= 0.3 is 0 Å². The van der Waals surface area contributed by atoms with Gasteiger partial charge in [-0.05, 0) is 24.3 Å². The Kier molecular flexibility index (Phi) is 5.82. The van der Waals surface area contributed by atoms with Crippen LogP contribution in [0.3, 0.4) is 0 Å². The van der Waals surface area contributed by atoms with Crippen molar-refractivity contribution in [1.29, 1.82) is 0 Å². The number of piperidine rings is 1. The molecule has 0 unspecified atom stereocenters. The van der Waals surface area contributed by atoms with Crippen LogP contribution in [0.5, 0.6) is 0 Å². The summed E-state index contributed by atoms with van der Waals surface area (Å²) in [5, 5.41) is 8.41. The summed E-state index contributed by atoms with van der Waals surface area (Å²) < 4.78 is 28.1. The van der Waals surface area contributed by atoms with Gasteiger partial charge in [0.25, 0.3) is 0 Å². The molecule has 3 heterocycles. The molecule has 1 saturated heterocycles. The molecule has 0 spiro atoms. The second-order valence-corrected chi connectivity index (χ2v) is 9.87. The van der Waals surface area contributed by atoms with Crippen LogP contribution >= 0.6 is 11.3 Å². The van der Waals surface area contributed by atoms with Crippen LogP contribution in [0, 0.1) is 5.92 Å². The standard InChI is InChI=1S/C20H24N4O3S2/c1-27-11-17-22-19(24-9-7-14(8-10-24)13-29(21,25)26)18-16(12-28-20(18)23-17)15-5-3-2-4-6-15/h2-6,12,14H,7-11,13H2,1H3,(H2,21,25,26). The topological polar surface area (TPSA) is 98.4 Å².